The fourth-order valence-corrected chi connectivity index (χ4v) is 3.30. The summed E-state index contributed by atoms with van der Waals surface area (Å²) in [6.07, 6.45) is 0.286. The third kappa shape index (κ3) is 3.32. The van der Waals surface area contributed by atoms with E-state index < -0.39 is 16.7 Å². The van der Waals surface area contributed by atoms with Crippen molar-refractivity contribution in [1.29, 1.82) is 0 Å². The van der Waals surface area contributed by atoms with Crippen molar-refractivity contribution in [1.82, 2.24) is 24.6 Å². The van der Waals surface area contributed by atoms with E-state index in [1.54, 1.807) is 0 Å². The second-order valence-corrected chi connectivity index (χ2v) is 6.49. The van der Waals surface area contributed by atoms with E-state index >= 15 is 0 Å². The molecule has 9 nitrogen and oxygen atoms in total. The monoisotopic (exact) mass is 393 g/mol. The van der Waals surface area contributed by atoms with Crippen LogP contribution in [-0.4, -0.2) is 42.6 Å². The van der Waals surface area contributed by atoms with Gasteiger partial charge in [0.25, 0.3) is 0 Å². The highest BCUT2D eigenvalue weighted by Crippen LogP contribution is 2.32. The minimum Gasteiger partial charge on any atom is -0.340 e. The molecule has 1 atom stereocenters. The zero-order valence-electron chi connectivity index (χ0n) is 14.4. The highest BCUT2D eigenvalue weighted by molar-refractivity contribution is 5.41. The van der Waals surface area contributed by atoms with Crippen molar-refractivity contribution in [3.63, 3.8) is 0 Å². The first-order chi connectivity index (χ1) is 13.3. The van der Waals surface area contributed by atoms with Gasteiger partial charge in [-0.3, -0.25) is 14.5 Å². The number of hydrogen-bond donors (Lipinski definition) is 0. The van der Waals surface area contributed by atoms with Gasteiger partial charge in [0, 0.05) is 25.2 Å². The number of fused-ring (bicyclic) bond motifs is 1. The van der Waals surface area contributed by atoms with Gasteiger partial charge < -0.3 is 4.90 Å². The molecule has 3 aromatic heterocycles. The van der Waals surface area contributed by atoms with Gasteiger partial charge in [-0.25, -0.2) is 9.97 Å². The summed E-state index contributed by atoms with van der Waals surface area (Å²) >= 11 is 0. The molecule has 4 rings (SSSR count). The molecule has 4 heterocycles. The summed E-state index contributed by atoms with van der Waals surface area (Å²) in [6, 6.07) is 2.27. The minimum absolute atomic E-state index is 0.175. The van der Waals surface area contributed by atoms with E-state index in [1.165, 1.54) is 10.5 Å². The Bertz CT molecular complexity index is 1020. The van der Waals surface area contributed by atoms with Crippen LogP contribution in [-0.2, 0) is 6.18 Å². The summed E-state index contributed by atoms with van der Waals surface area (Å²) in [5.41, 5.74) is -0.639. The van der Waals surface area contributed by atoms with Gasteiger partial charge in [0.05, 0.1) is 10.5 Å². The number of piperidine rings is 1. The molecule has 1 unspecified atom stereocenters. The lowest BCUT2D eigenvalue weighted by molar-refractivity contribution is -0.385. The van der Waals surface area contributed by atoms with E-state index in [4.69, 9.17) is 0 Å². The highest BCUT2D eigenvalue weighted by Gasteiger charge is 2.32. The Kier molecular flexibility index (Phi) is 4.32. The van der Waals surface area contributed by atoms with E-state index in [-0.39, 0.29) is 11.6 Å². The van der Waals surface area contributed by atoms with Crippen LogP contribution in [0.3, 0.4) is 0 Å². The normalized spacial score (nSPS) is 17.8. The predicted octanol–water partition coefficient (Wildman–Crippen LogP) is 2.83. The third-order valence-corrected chi connectivity index (χ3v) is 4.66. The number of alkyl halides is 3. The van der Waals surface area contributed by atoms with Crippen LogP contribution in [0.25, 0.3) is 5.65 Å². The van der Waals surface area contributed by atoms with Crippen molar-refractivity contribution < 1.29 is 18.1 Å². The molecule has 1 aliphatic rings. The summed E-state index contributed by atoms with van der Waals surface area (Å²) in [5.74, 6) is 0.596. The Hall–Kier alpha value is -3.31. The van der Waals surface area contributed by atoms with Crippen molar-refractivity contribution in [3.8, 4) is 0 Å². The van der Waals surface area contributed by atoms with Crippen molar-refractivity contribution in [2.24, 2.45) is 0 Å². The molecule has 146 valence electrons. The summed E-state index contributed by atoms with van der Waals surface area (Å²) in [4.78, 5) is 20.1. The molecule has 1 aliphatic heterocycles. The van der Waals surface area contributed by atoms with Crippen LogP contribution in [0.2, 0.25) is 0 Å². The number of aromatic nitrogens is 5. The zero-order valence-corrected chi connectivity index (χ0v) is 14.4. The number of nitrogens with zero attached hydrogens (tertiary/aromatic N) is 7. The molecule has 0 spiro atoms. The first-order valence-electron chi connectivity index (χ1n) is 8.46. The van der Waals surface area contributed by atoms with Crippen LogP contribution in [0.15, 0.2) is 30.7 Å². The molecule has 0 bridgehead atoms. The minimum atomic E-state index is -4.46. The third-order valence-electron chi connectivity index (χ3n) is 4.66. The van der Waals surface area contributed by atoms with Gasteiger partial charge in [-0.1, -0.05) is 0 Å². The van der Waals surface area contributed by atoms with Crippen LogP contribution in [0.4, 0.5) is 24.8 Å². The van der Waals surface area contributed by atoms with E-state index in [1.807, 2.05) is 4.90 Å². The van der Waals surface area contributed by atoms with Gasteiger partial charge in [-0.05, 0) is 25.0 Å². The number of anilines is 1. The fraction of sp³-hybridized carbons (Fsp3) is 0.375. The van der Waals surface area contributed by atoms with Crippen LogP contribution in [0, 0.1) is 10.1 Å². The Morgan fingerprint density at radius 2 is 1.93 bits per heavy atom. The molecule has 0 N–H and O–H groups in total. The number of rotatable bonds is 3. The van der Waals surface area contributed by atoms with Crippen molar-refractivity contribution in [2.75, 3.05) is 18.0 Å². The number of halogens is 3. The number of pyridine rings is 1. The van der Waals surface area contributed by atoms with Crippen molar-refractivity contribution >= 4 is 17.3 Å². The van der Waals surface area contributed by atoms with Crippen LogP contribution >= 0.6 is 0 Å². The van der Waals surface area contributed by atoms with Crippen LogP contribution in [0.1, 0.15) is 30.1 Å². The molecule has 1 fully saturated rings. The van der Waals surface area contributed by atoms with E-state index in [0.717, 1.165) is 37.5 Å². The molecule has 28 heavy (non-hydrogen) atoms. The van der Waals surface area contributed by atoms with E-state index in [9.17, 15) is 23.3 Å². The first-order valence-corrected chi connectivity index (χ1v) is 8.46. The lowest BCUT2D eigenvalue weighted by Gasteiger charge is -2.31. The van der Waals surface area contributed by atoms with Gasteiger partial charge in [0.2, 0.25) is 5.95 Å². The largest absolute Gasteiger partial charge is 0.417 e. The maximum atomic E-state index is 13.0. The quantitative estimate of drug-likeness (QED) is 0.498. The summed E-state index contributed by atoms with van der Waals surface area (Å²) in [6.45, 7) is 1.06. The molecular formula is C16H14F3N7O2. The number of hydrogen-bond acceptors (Lipinski definition) is 7. The van der Waals surface area contributed by atoms with E-state index in [2.05, 4.69) is 20.2 Å². The van der Waals surface area contributed by atoms with Gasteiger partial charge in [0.15, 0.2) is 5.65 Å². The second kappa shape index (κ2) is 6.69. The lowest BCUT2D eigenvalue weighted by atomic mass is 9.97. The highest BCUT2D eigenvalue weighted by atomic mass is 19.4. The summed E-state index contributed by atoms with van der Waals surface area (Å²) in [5, 5.41) is 18.8. The maximum absolute atomic E-state index is 13.0. The standard InChI is InChI=1S/C16H14F3N7O2/c17-16(18,19)11-3-4-13-22-23-14(25(13)9-11)10-2-1-5-24(8-10)15-20-6-12(7-21-15)26(27)28/h3-4,6-7,9-10H,1-2,5,8H2. The molecule has 0 radical (unpaired) electrons. The molecule has 12 heteroatoms. The summed E-state index contributed by atoms with van der Waals surface area (Å²) < 4.78 is 40.5. The molecule has 0 aliphatic carbocycles. The topological polar surface area (TPSA) is 102 Å². The Balaban J connectivity index is 1.61. The average molecular weight is 393 g/mol. The maximum Gasteiger partial charge on any atom is 0.417 e. The van der Waals surface area contributed by atoms with Gasteiger partial charge in [-0.2, -0.15) is 13.2 Å². The van der Waals surface area contributed by atoms with Gasteiger partial charge in [-0.15, -0.1) is 10.2 Å². The second-order valence-electron chi connectivity index (χ2n) is 6.49. The first kappa shape index (κ1) is 18.1. The predicted molar refractivity (Wildman–Crippen MR) is 90.9 cm³/mol. The Labute approximate surface area is 156 Å². The molecule has 0 aromatic carbocycles. The van der Waals surface area contributed by atoms with Crippen molar-refractivity contribution in [2.45, 2.75) is 24.9 Å². The number of nitro groups is 1. The summed E-state index contributed by atoms with van der Waals surface area (Å²) in [7, 11) is 0. The molecule has 3 aromatic rings. The molecular weight excluding hydrogens is 379 g/mol. The molecule has 1 saturated heterocycles. The smallest absolute Gasteiger partial charge is 0.340 e. The average Bonchev–Trinajstić information content (AvgIpc) is 3.11. The fourth-order valence-electron chi connectivity index (χ4n) is 3.30. The Morgan fingerprint density at radius 3 is 2.61 bits per heavy atom. The SMILES string of the molecule is O=[N+]([O-])c1cnc(N2CCCC(c3nnc4ccc(C(F)(F)F)cn34)C2)nc1. The molecule has 0 amide bonds. The zero-order chi connectivity index (χ0) is 19.9. The van der Waals surface area contributed by atoms with Crippen LogP contribution in [0.5, 0.6) is 0 Å². The Morgan fingerprint density at radius 1 is 1.18 bits per heavy atom. The van der Waals surface area contributed by atoms with Gasteiger partial charge >= 0.3 is 11.9 Å². The lowest BCUT2D eigenvalue weighted by Crippen LogP contribution is -2.36. The molecule has 0 saturated carbocycles. The van der Waals surface area contributed by atoms with E-state index in [0.29, 0.717) is 30.5 Å². The van der Waals surface area contributed by atoms with Crippen molar-refractivity contribution in [3.05, 3.63) is 52.2 Å². The van der Waals surface area contributed by atoms with Gasteiger partial charge in [0.1, 0.15) is 18.2 Å². The van der Waals surface area contributed by atoms with Crippen LogP contribution < -0.4 is 4.90 Å².